The van der Waals surface area contributed by atoms with E-state index >= 15 is 0 Å². The molecule has 138 valence electrons. The molecule has 2 aromatic rings. The molecule has 5 nitrogen and oxygen atoms in total. The van der Waals surface area contributed by atoms with Gasteiger partial charge < -0.3 is 15.4 Å². The van der Waals surface area contributed by atoms with Gasteiger partial charge in [0.2, 0.25) is 0 Å². The fraction of sp³-hybridized carbons (Fsp3) is 0.444. The number of aliphatic imine (C=N–C) groups is 1. The van der Waals surface area contributed by atoms with Crippen molar-refractivity contribution in [3.05, 3.63) is 45.9 Å². The van der Waals surface area contributed by atoms with Crippen molar-refractivity contribution in [2.45, 2.75) is 27.2 Å². The lowest BCUT2D eigenvalue weighted by molar-refractivity contribution is 0.320. The second-order valence-corrected chi connectivity index (χ2v) is 6.74. The van der Waals surface area contributed by atoms with Crippen molar-refractivity contribution in [1.82, 2.24) is 15.6 Å². The summed E-state index contributed by atoms with van der Waals surface area (Å²) in [5.74, 6) is 1.75. The molecule has 2 rings (SSSR count). The summed E-state index contributed by atoms with van der Waals surface area (Å²) in [6.07, 6.45) is 2.78. The van der Waals surface area contributed by atoms with Crippen LogP contribution >= 0.6 is 35.3 Å². The van der Waals surface area contributed by atoms with Crippen molar-refractivity contribution in [2.24, 2.45) is 4.99 Å². The number of rotatable bonds is 8. The van der Waals surface area contributed by atoms with Crippen molar-refractivity contribution in [1.29, 1.82) is 0 Å². The monoisotopic (exact) mass is 474 g/mol. The Bertz CT molecular complexity index is 660. The minimum Gasteiger partial charge on any atom is -0.491 e. The fourth-order valence-corrected chi connectivity index (χ4v) is 2.95. The van der Waals surface area contributed by atoms with Crippen LogP contribution in [-0.2, 0) is 6.42 Å². The average Bonchev–Trinajstić information content (AvgIpc) is 2.98. The number of hydrogen-bond donors (Lipinski definition) is 2. The Labute approximate surface area is 171 Å². The summed E-state index contributed by atoms with van der Waals surface area (Å²) >= 11 is 1.73. The van der Waals surface area contributed by atoms with E-state index in [1.54, 1.807) is 11.3 Å². The van der Waals surface area contributed by atoms with Gasteiger partial charge in [-0.1, -0.05) is 18.2 Å². The Balaban J connectivity index is 0.00000312. The minimum absolute atomic E-state index is 0. The van der Waals surface area contributed by atoms with Gasteiger partial charge in [0.05, 0.1) is 11.6 Å². The largest absolute Gasteiger partial charge is 0.491 e. The maximum Gasteiger partial charge on any atom is 0.191 e. The third kappa shape index (κ3) is 8.04. The van der Waals surface area contributed by atoms with Crippen LogP contribution in [0.4, 0.5) is 0 Å². The molecule has 7 heteroatoms. The van der Waals surface area contributed by atoms with Gasteiger partial charge in [-0.25, -0.2) is 4.98 Å². The Kier molecular flexibility index (Phi) is 10.5. The van der Waals surface area contributed by atoms with Gasteiger partial charge in [-0.15, -0.1) is 35.3 Å². The Morgan fingerprint density at radius 1 is 1.24 bits per heavy atom. The molecular formula is C18H27IN4OS. The van der Waals surface area contributed by atoms with Crippen LogP contribution in [0, 0.1) is 13.8 Å². The van der Waals surface area contributed by atoms with Crippen LogP contribution < -0.4 is 15.4 Å². The molecule has 0 saturated heterocycles. The second kappa shape index (κ2) is 12.1. The molecule has 1 aromatic carbocycles. The quantitative estimate of drug-likeness (QED) is 0.266. The Morgan fingerprint density at radius 2 is 2.04 bits per heavy atom. The number of benzene rings is 1. The van der Waals surface area contributed by atoms with Crippen molar-refractivity contribution >= 4 is 41.3 Å². The first-order valence-corrected chi connectivity index (χ1v) is 9.12. The summed E-state index contributed by atoms with van der Waals surface area (Å²) in [4.78, 5) is 10.2. The van der Waals surface area contributed by atoms with Crippen molar-refractivity contribution in [2.75, 3.05) is 26.2 Å². The molecule has 0 amide bonds. The summed E-state index contributed by atoms with van der Waals surface area (Å²) in [6, 6.07) is 8.04. The maximum atomic E-state index is 5.79. The molecule has 1 heterocycles. The van der Waals surface area contributed by atoms with E-state index in [-0.39, 0.29) is 24.0 Å². The third-order valence-corrected chi connectivity index (χ3v) is 4.33. The first kappa shape index (κ1) is 21.7. The van der Waals surface area contributed by atoms with E-state index in [2.05, 4.69) is 47.4 Å². The van der Waals surface area contributed by atoms with E-state index in [0.29, 0.717) is 13.2 Å². The highest BCUT2D eigenvalue weighted by atomic mass is 127. The molecule has 0 bridgehead atoms. The second-order valence-electron chi connectivity index (χ2n) is 5.42. The molecule has 0 saturated carbocycles. The Morgan fingerprint density at radius 3 is 2.72 bits per heavy atom. The lowest BCUT2D eigenvalue weighted by Gasteiger charge is -2.12. The number of hydrogen-bond acceptors (Lipinski definition) is 4. The zero-order valence-electron chi connectivity index (χ0n) is 15.0. The molecule has 0 atom stereocenters. The molecule has 0 radical (unpaired) electrons. The molecule has 2 N–H and O–H groups in total. The predicted molar refractivity (Wildman–Crippen MR) is 117 cm³/mol. The number of aromatic nitrogens is 1. The van der Waals surface area contributed by atoms with Crippen LogP contribution in [0.3, 0.4) is 0 Å². The van der Waals surface area contributed by atoms with Crippen molar-refractivity contribution in [3.63, 3.8) is 0 Å². The molecule has 0 aliphatic heterocycles. The summed E-state index contributed by atoms with van der Waals surface area (Å²) < 4.78 is 5.79. The SMILES string of the molecule is CCNC(=NCCc1ncc(C)s1)NCCOc1ccccc1C.I. The van der Waals surface area contributed by atoms with Gasteiger partial charge in [0.15, 0.2) is 5.96 Å². The van der Waals surface area contributed by atoms with Gasteiger partial charge in [0.25, 0.3) is 0 Å². The number of ether oxygens (including phenoxy) is 1. The molecule has 0 aliphatic rings. The van der Waals surface area contributed by atoms with E-state index < -0.39 is 0 Å². The lowest BCUT2D eigenvalue weighted by atomic mass is 10.2. The van der Waals surface area contributed by atoms with Crippen molar-refractivity contribution in [3.8, 4) is 5.75 Å². The number of thiazole rings is 1. The standard InChI is InChI=1S/C18H26N4OS.HI/c1-4-19-18(20-10-9-17-22-13-15(3)24-17)21-11-12-23-16-8-6-5-7-14(16)2;/h5-8,13H,4,9-12H2,1-3H3,(H2,19,20,21);1H. The molecule has 0 spiro atoms. The summed E-state index contributed by atoms with van der Waals surface area (Å²) in [7, 11) is 0. The van der Waals surface area contributed by atoms with Crippen molar-refractivity contribution < 1.29 is 4.74 Å². The first-order valence-electron chi connectivity index (χ1n) is 8.31. The number of guanidine groups is 1. The van der Waals surface area contributed by atoms with Crippen LogP contribution in [0.5, 0.6) is 5.75 Å². The lowest BCUT2D eigenvalue weighted by Crippen LogP contribution is -2.39. The molecular weight excluding hydrogens is 447 g/mol. The number of nitrogens with one attached hydrogen (secondary N) is 2. The minimum atomic E-state index is 0. The Hall–Kier alpha value is -1.35. The number of halogens is 1. The van der Waals surface area contributed by atoms with Crippen LogP contribution in [-0.4, -0.2) is 37.2 Å². The first-order chi connectivity index (χ1) is 11.7. The molecule has 0 unspecified atom stereocenters. The van der Waals surface area contributed by atoms with Gasteiger partial charge in [-0.3, -0.25) is 4.99 Å². The van der Waals surface area contributed by atoms with Gasteiger partial charge >= 0.3 is 0 Å². The highest BCUT2D eigenvalue weighted by molar-refractivity contribution is 14.0. The summed E-state index contributed by atoms with van der Waals surface area (Å²) in [5.41, 5.74) is 1.15. The normalized spacial score (nSPS) is 10.9. The van der Waals surface area contributed by atoms with Crippen LogP contribution in [0.15, 0.2) is 35.5 Å². The van der Waals surface area contributed by atoms with Crippen LogP contribution in [0.2, 0.25) is 0 Å². The van der Waals surface area contributed by atoms with E-state index in [4.69, 9.17) is 4.74 Å². The summed E-state index contributed by atoms with van der Waals surface area (Å²) in [5, 5.41) is 7.68. The topological polar surface area (TPSA) is 58.5 Å². The van der Waals surface area contributed by atoms with Gasteiger partial charge in [0.1, 0.15) is 12.4 Å². The highest BCUT2D eigenvalue weighted by Gasteiger charge is 2.01. The average molecular weight is 474 g/mol. The molecule has 25 heavy (non-hydrogen) atoms. The summed E-state index contributed by atoms with van der Waals surface area (Å²) in [6.45, 7) is 9.05. The maximum absolute atomic E-state index is 5.79. The number of para-hydroxylation sites is 1. The van der Waals surface area contributed by atoms with Crippen LogP contribution in [0.25, 0.3) is 0 Å². The smallest absolute Gasteiger partial charge is 0.191 e. The molecule has 1 aromatic heterocycles. The van der Waals surface area contributed by atoms with Gasteiger partial charge in [-0.2, -0.15) is 0 Å². The number of aryl methyl sites for hydroxylation is 2. The number of nitrogens with zero attached hydrogens (tertiary/aromatic N) is 2. The zero-order valence-corrected chi connectivity index (χ0v) is 18.2. The van der Waals surface area contributed by atoms with E-state index in [9.17, 15) is 0 Å². The predicted octanol–water partition coefficient (Wildman–Crippen LogP) is 3.55. The van der Waals surface area contributed by atoms with Gasteiger partial charge in [-0.05, 0) is 32.4 Å². The van der Waals surface area contributed by atoms with Gasteiger partial charge in [0, 0.05) is 30.6 Å². The van der Waals surface area contributed by atoms with Crippen LogP contribution in [0.1, 0.15) is 22.4 Å². The van der Waals surface area contributed by atoms with E-state index in [1.807, 2.05) is 24.4 Å². The van der Waals surface area contributed by atoms with E-state index in [0.717, 1.165) is 41.8 Å². The zero-order chi connectivity index (χ0) is 17.2. The van der Waals surface area contributed by atoms with E-state index in [1.165, 1.54) is 4.88 Å². The molecule has 0 aliphatic carbocycles. The highest BCUT2D eigenvalue weighted by Crippen LogP contribution is 2.15. The third-order valence-electron chi connectivity index (χ3n) is 3.35. The fourth-order valence-electron chi connectivity index (χ4n) is 2.17. The molecule has 0 fully saturated rings.